The van der Waals surface area contributed by atoms with Crippen molar-refractivity contribution in [3.05, 3.63) is 74.1 Å². The number of rotatable bonds is 4. The number of anilines is 1. The summed E-state index contributed by atoms with van der Waals surface area (Å²) in [5.74, 6) is -1.33. The largest absolute Gasteiger partial charge is 0.478 e. The van der Waals surface area contributed by atoms with Crippen LogP contribution in [0.25, 0.3) is 10.4 Å². The van der Waals surface area contributed by atoms with E-state index in [4.69, 9.17) is 0 Å². The fraction of sp³-hybridized carbons (Fsp3) is 0.217. The highest BCUT2D eigenvalue weighted by molar-refractivity contribution is 7.83. The van der Waals surface area contributed by atoms with Gasteiger partial charge in [-0.2, -0.15) is 12.6 Å². The summed E-state index contributed by atoms with van der Waals surface area (Å²) in [6, 6.07) is 7.73. The van der Waals surface area contributed by atoms with Crippen LogP contribution in [-0.2, 0) is 0 Å². The Balaban J connectivity index is 0.000000826. The van der Waals surface area contributed by atoms with Crippen LogP contribution in [0, 0.1) is 20.8 Å². The standard InChI is InChI=1S/C19H17NO3S2.C2H4S.C2H6/c1-10-4-5-13(8-12(10)3)17-15(19(22)23)14(9-25-17)20-18(21)16-11(2)6-7-24-16;1-2-3;1-2/h4-9H,1-3H3,(H,20,21)(H,22,23);2-3H,1H2;1-2H3. The highest BCUT2D eigenvalue weighted by Crippen LogP contribution is 2.37. The molecular weight excluding hydrogens is 434 g/mol. The van der Waals surface area contributed by atoms with Crippen LogP contribution in [0.15, 0.2) is 47.0 Å². The lowest BCUT2D eigenvalue weighted by molar-refractivity contribution is 0.0699. The lowest BCUT2D eigenvalue weighted by atomic mass is 10.0. The number of carbonyl (C=O) groups excluding carboxylic acids is 1. The molecule has 7 heteroatoms. The molecule has 0 aliphatic carbocycles. The summed E-state index contributed by atoms with van der Waals surface area (Å²) < 4.78 is 0. The van der Waals surface area contributed by atoms with Crippen molar-refractivity contribution in [2.24, 2.45) is 0 Å². The monoisotopic (exact) mass is 461 g/mol. The first kappa shape index (κ1) is 25.7. The molecule has 0 unspecified atom stereocenters. The molecule has 3 aromatic rings. The van der Waals surface area contributed by atoms with Gasteiger partial charge in [0, 0.05) is 5.38 Å². The summed E-state index contributed by atoms with van der Waals surface area (Å²) in [7, 11) is 0. The van der Waals surface area contributed by atoms with Crippen LogP contribution >= 0.6 is 35.3 Å². The fourth-order valence-corrected chi connectivity index (χ4v) is 4.35. The van der Waals surface area contributed by atoms with E-state index in [1.165, 1.54) is 28.1 Å². The molecule has 2 N–H and O–H groups in total. The molecule has 0 radical (unpaired) electrons. The number of amides is 1. The van der Waals surface area contributed by atoms with Crippen molar-refractivity contribution in [3.63, 3.8) is 0 Å². The molecule has 2 aromatic heterocycles. The maximum absolute atomic E-state index is 12.4. The fourth-order valence-electron chi connectivity index (χ4n) is 2.54. The Kier molecular flexibility index (Phi) is 10.6. The number of carbonyl (C=O) groups is 2. The van der Waals surface area contributed by atoms with Crippen LogP contribution in [0.5, 0.6) is 0 Å². The van der Waals surface area contributed by atoms with E-state index < -0.39 is 5.97 Å². The van der Waals surface area contributed by atoms with Crippen LogP contribution in [0.4, 0.5) is 5.69 Å². The normalized spacial score (nSPS) is 9.53. The van der Waals surface area contributed by atoms with Crippen molar-refractivity contribution in [2.75, 3.05) is 5.32 Å². The third-order valence-electron chi connectivity index (χ3n) is 4.09. The number of hydrogen-bond donors (Lipinski definition) is 3. The Morgan fingerprint density at radius 1 is 1.07 bits per heavy atom. The quantitative estimate of drug-likeness (QED) is 0.354. The van der Waals surface area contributed by atoms with Crippen molar-refractivity contribution in [1.82, 2.24) is 0 Å². The van der Waals surface area contributed by atoms with Crippen LogP contribution in [0.2, 0.25) is 0 Å². The number of thiophene rings is 2. The van der Waals surface area contributed by atoms with Gasteiger partial charge in [-0.05, 0) is 59.9 Å². The molecule has 3 rings (SSSR count). The van der Waals surface area contributed by atoms with Gasteiger partial charge in [0.25, 0.3) is 5.91 Å². The van der Waals surface area contributed by atoms with Gasteiger partial charge in [0.1, 0.15) is 5.56 Å². The smallest absolute Gasteiger partial charge is 0.339 e. The third kappa shape index (κ3) is 6.32. The van der Waals surface area contributed by atoms with Gasteiger partial charge in [0.15, 0.2) is 0 Å². The van der Waals surface area contributed by atoms with Gasteiger partial charge in [-0.25, -0.2) is 4.79 Å². The molecule has 0 atom stereocenters. The van der Waals surface area contributed by atoms with Gasteiger partial charge in [0.05, 0.1) is 15.4 Å². The zero-order valence-electron chi connectivity index (χ0n) is 17.8. The van der Waals surface area contributed by atoms with E-state index in [2.05, 4.69) is 24.5 Å². The van der Waals surface area contributed by atoms with E-state index in [1.807, 2.05) is 64.3 Å². The number of carboxylic acid groups (broad SMARTS) is 1. The highest BCUT2D eigenvalue weighted by atomic mass is 32.1. The topological polar surface area (TPSA) is 66.4 Å². The number of aromatic carboxylic acids is 1. The minimum atomic E-state index is -1.05. The molecular formula is C23H27NO3S3. The van der Waals surface area contributed by atoms with Gasteiger partial charge >= 0.3 is 5.97 Å². The molecule has 1 aromatic carbocycles. The van der Waals surface area contributed by atoms with E-state index in [0.29, 0.717) is 15.4 Å². The lowest BCUT2D eigenvalue weighted by Gasteiger charge is -2.07. The summed E-state index contributed by atoms with van der Waals surface area (Å²) >= 11 is 6.22. The number of hydrogen-bond acceptors (Lipinski definition) is 5. The second-order valence-electron chi connectivity index (χ2n) is 6.03. The molecule has 4 nitrogen and oxygen atoms in total. The zero-order valence-corrected chi connectivity index (χ0v) is 20.3. The molecule has 2 heterocycles. The Morgan fingerprint density at radius 3 is 2.20 bits per heavy atom. The molecule has 0 saturated heterocycles. The lowest BCUT2D eigenvalue weighted by Crippen LogP contribution is -2.13. The van der Waals surface area contributed by atoms with Crippen LogP contribution < -0.4 is 5.32 Å². The first-order valence-electron chi connectivity index (χ1n) is 9.33. The average molecular weight is 462 g/mol. The molecule has 160 valence electrons. The summed E-state index contributed by atoms with van der Waals surface area (Å²) in [4.78, 5) is 25.5. The predicted molar refractivity (Wildman–Crippen MR) is 134 cm³/mol. The Morgan fingerprint density at radius 2 is 1.70 bits per heavy atom. The van der Waals surface area contributed by atoms with Gasteiger partial charge in [-0.3, -0.25) is 4.79 Å². The van der Waals surface area contributed by atoms with Crippen LogP contribution in [0.3, 0.4) is 0 Å². The number of thiol groups is 1. The van der Waals surface area contributed by atoms with Crippen molar-refractivity contribution in [2.45, 2.75) is 34.6 Å². The van der Waals surface area contributed by atoms with E-state index in [1.54, 1.807) is 5.38 Å². The highest BCUT2D eigenvalue weighted by Gasteiger charge is 2.22. The van der Waals surface area contributed by atoms with E-state index in [9.17, 15) is 14.7 Å². The minimum absolute atomic E-state index is 0.135. The molecule has 30 heavy (non-hydrogen) atoms. The molecule has 1 amide bonds. The number of aryl methyl sites for hydroxylation is 3. The van der Waals surface area contributed by atoms with Gasteiger partial charge < -0.3 is 10.4 Å². The van der Waals surface area contributed by atoms with Crippen LogP contribution in [0.1, 0.15) is 50.6 Å². The Hall–Kier alpha value is -2.35. The van der Waals surface area contributed by atoms with Crippen molar-refractivity contribution < 1.29 is 14.7 Å². The third-order valence-corrected chi connectivity index (χ3v) is 6.13. The molecule has 0 spiro atoms. The van der Waals surface area contributed by atoms with Crippen molar-refractivity contribution in [1.29, 1.82) is 0 Å². The van der Waals surface area contributed by atoms with Gasteiger partial charge in [0.2, 0.25) is 0 Å². The number of nitrogens with one attached hydrogen (secondary N) is 1. The molecule has 0 bridgehead atoms. The van der Waals surface area contributed by atoms with Gasteiger partial charge in [-0.1, -0.05) is 38.6 Å². The second kappa shape index (κ2) is 12.4. The van der Waals surface area contributed by atoms with E-state index >= 15 is 0 Å². The summed E-state index contributed by atoms with van der Waals surface area (Å²) in [5, 5.41) is 17.4. The molecule has 0 saturated carbocycles. The first-order chi connectivity index (χ1) is 14.3. The molecule has 0 aliphatic heterocycles. The summed E-state index contributed by atoms with van der Waals surface area (Å²) in [5.41, 5.74) is 4.45. The number of carboxylic acids is 1. The van der Waals surface area contributed by atoms with Gasteiger partial charge in [-0.15, -0.1) is 22.7 Å². The minimum Gasteiger partial charge on any atom is -0.478 e. The van der Waals surface area contributed by atoms with E-state index in [0.717, 1.165) is 22.3 Å². The summed E-state index contributed by atoms with van der Waals surface area (Å²) in [6.45, 7) is 13.1. The Labute approximate surface area is 191 Å². The number of benzene rings is 1. The maximum atomic E-state index is 12.4. The molecule has 0 fully saturated rings. The van der Waals surface area contributed by atoms with Crippen molar-refractivity contribution in [3.8, 4) is 10.4 Å². The predicted octanol–water partition coefficient (Wildman–Crippen LogP) is 7.44. The summed E-state index contributed by atoms with van der Waals surface area (Å²) in [6.07, 6.45) is 0. The Bertz CT molecular complexity index is 1020. The van der Waals surface area contributed by atoms with Crippen molar-refractivity contribution >= 4 is 52.9 Å². The molecule has 0 aliphatic rings. The zero-order chi connectivity index (χ0) is 22.8. The second-order valence-corrected chi connectivity index (χ2v) is 8.19. The SMILES string of the molecule is C=CS.CC.Cc1ccc(-c2scc(NC(=O)c3sccc3C)c2C(=O)O)cc1C. The van der Waals surface area contributed by atoms with E-state index in [-0.39, 0.29) is 11.5 Å². The first-order valence-corrected chi connectivity index (χ1v) is 11.6. The average Bonchev–Trinajstić information content (AvgIpc) is 3.32. The van der Waals surface area contributed by atoms with Crippen LogP contribution in [-0.4, -0.2) is 17.0 Å². The maximum Gasteiger partial charge on any atom is 0.339 e.